The third kappa shape index (κ3) is 2.10. The summed E-state index contributed by atoms with van der Waals surface area (Å²) >= 11 is 0. The number of rotatable bonds is 2. The van der Waals surface area contributed by atoms with Crippen LogP contribution in [0.5, 0.6) is 0 Å². The summed E-state index contributed by atoms with van der Waals surface area (Å²) in [6.45, 7) is 1.89. The SMILES string of the molecule is CCC1=N/C(=C/c2cccnc2)C(=O)O1. The van der Waals surface area contributed by atoms with Gasteiger partial charge in [0.2, 0.25) is 0 Å². The zero-order valence-electron chi connectivity index (χ0n) is 8.30. The Morgan fingerprint density at radius 2 is 2.40 bits per heavy atom. The molecule has 76 valence electrons. The highest BCUT2D eigenvalue weighted by molar-refractivity contribution is 6.07. The van der Waals surface area contributed by atoms with E-state index in [-0.39, 0.29) is 0 Å². The molecule has 0 saturated carbocycles. The summed E-state index contributed by atoms with van der Waals surface area (Å²) in [6.07, 6.45) is 5.63. The van der Waals surface area contributed by atoms with E-state index in [9.17, 15) is 4.79 Å². The lowest BCUT2D eigenvalue weighted by atomic mass is 10.2. The van der Waals surface area contributed by atoms with Crippen molar-refractivity contribution >= 4 is 17.9 Å². The van der Waals surface area contributed by atoms with Gasteiger partial charge in [-0.2, -0.15) is 0 Å². The average molecular weight is 202 g/mol. The molecule has 1 aliphatic heterocycles. The number of esters is 1. The van der Waals surface area contributed by atoms with E-state index in [1.165, 1.54) is 0 Å². The highest BCUT2D eigenvalue weighted by atomic mass is 16.6. The predicted octanol–water partition coefficient (Wildman–Crippen LogP) is 1.79. The summed E-state index contributed by atoms with van der Waals surface area (Å²) < 4.78 is 4.92. The molecule has 1 aliphatic rings. The van der Waals surface area contributed by atoms with Crippen LogP contribution in [0.3, 0.4) is 0 Å². The molecule has 2 rings (SSSR count). The minimum absolute atomic E-state index is 0.333. The smallest absolute Gasteiger partial charge is 0.363 e. The number of aliphatic imine (C=N–C) groups is 1. The quantitative estimate of drug-likeness (QED) is 0.542. The van der Waals surface area contributed by atoms with Gasteiger partial charge in [-0.1, -0.05) is 13.0 Å². The molecule has 0 aliphatic carbocycles. The van der Waals surface area contributed by atoms with Crippen molar-refractivity contribution < 1.29 is 9.53 Å². The van der Waals surface area contributed by atoms with Gasteiger partial charge in [0.15, 0.2) is 11.6 Å². The number of pyridine rings is 1. The molecule has 0 fully saturated rings. The Morgan fingerprint density at radius 1 is 1.53 bits per heavy atom. The van der Waals surface area contributed by atoms with Crippen LogP contribution in [0.2, 0.25) is 0 Å². The molecule has 0 N–H and O–H groups in total. The summed E-state index contributed by atoms with van der Waals surface area (Å²) in [7, 11) is 0. The van der Waals surface area contributed by atoms with Crippen molar-refractivity contribution in [2.75, 3.05) is 0 Å². The summed E-state index contributed by atoms with van der Waals surface area (Å²) in [6, 6.07) is 3.66. The maximum absolute atomic E-state index is 11.3. The van der Waals surface area contributed by atoms with E-state index in [2.05, 4.69) is 9.98 Å². The van der Waals surface area contributed by atoms with Crippen molar-refractivity contribution in [3.63, 3.8) is 0 Å². The van der Waals surface area contributed by atoms with Crippen LogP contribution in [0, 0.1) is 0 Å². The fraction of sp³-hybridized carbons (Fsp3) is 0.182. The lowest BCUT2D eigenvalue weighted by Crippen LogP contribution is -2.02. The topological polar surface area (TPSA) is 51.5 Å². The number of hydrogen-bond donors (Lipinski definition) is 0. The molecule has 0 amide bonds. The first kappa shape index (κ1) is 9.58. The largest absolute Gasteiger partial charge is 0.407 e. The molecule has 0 atom stereocenters. The molecule has 2 heterocycles. The molecular formula is C11H10N2O2. The molecule has 4 nitrogen and oxygen atoms in total. The number of nitrogens with zero attached hydrogens (tertiary/aromatic N) is 2. The van der Waals surface area contributed by atoms with E-state index in [1.807, 2.05) is 13.0 Å². The van der Waals surface area contributed by atoms with Crippen molar-refractivity contribution in [2.45, 2.75) is 13.3 Å². The molecule has 0 bridgehead atoms. The molecule has 15 heavy (non-hydrogen) atoms. The van der Waals surface area contributed by atoms with Gasteiger partial charge in [-0.15, -0.1) is 0 Å². The van der Waals surface area contributed by atoms with Crippen molar-refractivity contribution in [1.29, 1.82) is 0 Å². The van der Waals surface area contributed by atoms with E-state index in [0.29, 0.717) is 18.0 Å². The van der Waals surface area contributed by atoms with Crippen molar-refractivity contribution in [2.24, 2.45) is 4.99 Å². The monoisotopic (exact) mass is 202 g/mol. The second-order valence-corrected chi connectivity index (χ2v) is 3.06. The van der Waals surface area contributed by atoms with E-state index in [0.717, 1.165) is 5.56 Å². The molecule has 0 aromatic carbocycles. The molecular weight excluding hydrogens is 192 g/mol. The Morgan fingerprint density at radius 3 is 3.00 bits per heavy atom. The summed E-state index contributed by atoms with van der Waals surface area (Å²) in [5.74, 6) is 0.0749. The second kappa shape index (κ2) is 4.04. The summed E-state index contributed by atoms with van der Waals surface area (Å²) in [5, 5.41) is 0. The van der Waals surface area contributed by atoms with Crippen LogP contribution in [-0.4, -0.2) is 16.9 Å². The van der Waals surface area contributed by atoms with Gasteiger partial charge in [0.05, 0.1) is 0 Å². The van der Waals surface area contributed by atoms with Crippen molar-refractivity contribution in [1.82, 2.24) is 4.98 Å². The number of aromatic nitrogens is 1. The first-order valence-corrected chi connectivity index (χ1v) is 4.71. The number of ether oxygens (including phenoxy) is 1. The highest BCUT2D eigenvalue weighted by Gasteiger charge is 2.21. The fourth-order valence-corrected chi connectivity index (χ4v) is 1.22. The minimum atomic E-state index is -0.393. The molecule has 1 aromatic rings. The maximum atomic E-state index is 11.3. The van der Waals surface area contributed by atoms with Crippen LogP contribution in [-0.2, 0) is 9.53 Å². The van der Waals surface area contributed by atoms with Crippen LogP contribution in [0.15, 0.2) is 35.2 Å². The predicted molar refractivity (Wildman–Crippen MR) is 56.0 cm³/mol. The fourth-order valence-electron chi connectivity index (χ4n) is 1.22. The van der Waals surface area contributed by atoms with Crippen LogP contribution in [0.4, 0.5) is 0 Å². The van der Waals surface area contributed by atoms with Crippen molar-refractivity contribution in [3.05, 3.63) is 35.8 Å². The van der Waals surface area contributed by atoms with Gasteiger partial charge in [0.1, 0.15) is 0 Å². The van der Waals surface area contributed by atoms with E-state index in [4.69, 9.17) is 4.74 Å². The van der Waals surface area contributed by atoms with Crippen LogP contribution >= 0.6 is 0 Å². The first-order valence-electron chi connectivity index (χ1n) is 4.71. The first-order chi connectivity index (χ1) is 7.29. The van der Waals surface area contributed by atoms with Gasteiger partial charge < -0.3 is 4.74 Å². The number of carbonyl (C=O) groups excluding carboxylic acids is 1. The van der Waals surface area contributed by atoms with Crippen molar-refractivity contribution in [3.8, 4) is 0 Å². The van der Waals surface area contributed by atoms with Crippen LogP contribution in [0.25, 0.3) is 6.08 Å². The third-order valence-electron chi connectivity index (χ3n) is 1.96. The van der Waals surface area contributed by atoms with E-state index >= 15 is 0 Å². The standard InChI is InChI=1S/C11H10N2O2/c1-2-10-13-9(11(14)15-10)6-8-4-3-5-12-7-8/h3-7H,2H2,1H3/b9-6+. The van der Waals surface area contributed by atoms with Crippen LogP contribution < -0.4 is 0 Å². The Bertz CT molecular complexity index is 435. The van der Waals surface area contributed by atoms with Crippen LogP contribution in [0.1, 0.15) is 18.9 Å². The number of carbonyl (C=O) groups is 1. The van der Waals surface area contributed by atoms with E-state index in [1.54, 1.807) is 24.5 Å². The summed E-state index contributed by atoms with van der Waals surface area (Å²) in [4.78, 5) is 19.3. The molecule has 0 radical (unpaired) electrons. The molecule has 0 unspecified atom stereocenters. The van der Waals surface area contributed by atoms with Gasteiger partial charge in [0.25, 0.3) is 0 Å². The Kier molecular flexibility index (Phi) is 2.58. The number of cyclic esters (lactones) is 1. The highest BCUT2D eigenvalue weighted by Crippen LogP contribution is 2.15. The van der Waals surface area contributed by atoms with E-state index < -0.39 is 5.97 Å². The summed E-state index contributed by atoms with van der Waals surface area (Å²) in [5.41, 5.74) is 1.17. The number of hydrogen-bond acceptors (Lipinski definition) is 4. The van der Waals surface area contributed by atoms with Gasteiger partial charge in [-0.3, -0.25) is 4.98 Å². The third-order valence-corrected chi connectivity index (χ3v) is 1.96. The lowest BCUT2D eigenvalue weighted by molar-refractivity contribution is -0.130. The van der Waals surface area contributed by atoms with Gasteiger partial charge in [-0.25, -0.2) is 9.79 Å². The zero-order chi connectivity index (χ0) is 10.7. The van der Waals surface area contributed by atoms with Gasteiger partial charge in [0, 0.05) is 18.8 Å². The average Bonchev–Trinajstić information content (AvgIpc) is 2.61. The zero-order valence-corrected chi connectivity index (χ0v) is 8.30. The Hall–Kier alpha value is -1.97. The minimum Gasteiger partial charge on any atom is -0.407 e. The molecule has 4 heteroatoms. The maximum Gasteiger partial charge on any atom is 0.363 e. The Balaban J connectivity index is 2.28. The second-order valence-electron chi connectivity index (χ2n) is 3.06. The Labute approximate surface area is 87.3 Å². The van der Waals surface area contributed by atoms with Gasteiger partial charge in [-0.05, 0) is 17.7 Å². The molecule has 0 spiro atoms. The van der Waals surface area contributed by atoms with Gasteiger partial charge >= 0.3 is 5.97 Å². The lowest BCUT2D eigenvalue weighted by Gasteiger charge is -1.92. The molecule has 1 aromatic heterocycles. The molecule has 0 saturated heterocycles. The normalized spacial score (nSPS) is 17.8.